The first-order valence-corrected chi connectivity index (χ1v) is 7.90. The summed E-state index contributed by atoms with van der Waals surface area (Å²) in [5.41, 5.74) is 6.36. The molecule has 1 rings (SSSR count). The molecular weight excluding hydrogens is 316 g/mol. The van der Waals surface area contributed by atoms with Crippen LogP contribution in [-0.2, 0) is 4.79 Å². The average molecular weight is 341 g/mol. The average Bonchev–Trinajstić information content (AvgIpc) is 2.43. The van der Waals surface area contributed by atoms with Crippen LogP contribution in [0.25, 0.3) is 0 Å². The molecule has 0 bridgehead atoms. The fourth-order valence-corrected chi connectivity index (χ4v) is 2.79. The van der Waals surface area contributed by atoms with Gasteiger partial charge in [0, 0.05) is 17.6 Å². The van der Waals surface area contributed by atoms with E-state index >= 15 is 0 Å². The van der Waals surface area contributed by atoms with Crippen LogP contribution in [-0.4, -0.2) is 23.9 Å². The van der Waals surface area contributed by atoms with E-state index in [1.54, 1.807) is 0 Å². The minimum atomic E-state index is -0.523. The number of benzene rings is 1. The van der Waals surface area contributed by atoms with Crippen molar-refractivity contribution in [3.63, 3.8) is 0 Å². The van der Waals surface area contributed by atoms with Gasteiger partial charge in [0.25, 0.3) is 0 Å². The highest BCUT2D eigenvalue weighted by molar-refractivity contribution is 9.10. The molecule has 112 valence electrons. The molecule has 0 aliphatic carbocycles. The van der Waals surface area contributed by atoms with Crippen LogP contribution >= 0.6 is 15.9 Å². The van der Waals surface area contributed by atoms with Crippen molar-refractivity contribution in [2.45, 2.75) is 40.2 Å². The third-order valence-electron chi connectivity index (χ3n) is 3.64. The van der Waals surface area contributed by atoms with Gasteiger partial charge in [-0.15, -0.1) is 0 Å². The van der Waals surface area contributed by atoms with E-state index in [-0.39, 0.29) is 11.9 Å². The number of carbonyl (C=O) groups excluding carboxylic acids is 1. The number of amides is 1. The molecule has 0 fully saturated rings. The molecule has 2 N–H and O–H groups in total. The zero-order valence-electron chi connectivity index (χ0n) is 12.8. The second kappa shape index (κ2) is 7.23. The van der Waals surface area contributed by atoms with Gasteiger partial charge in [0.15, 0.2) is 0 Å². The predicted octanol–water partition coefficient (Wildman–Crippen LogP) is 3.73. The minimum absolute atomic E-state index is 0.0313. The lowest BCUT2D eigenvalue weighted by molar-refractivity contribution is -0.142. The van der Waals surface area contributed by atoms with Crippen molar-refractivity contribution in [3.8, 4) is 0 Å². The molecule has 0 aromatic heterocycles. The third kappa shape index (κ3) is 3.83. The number of rotatable bonds is 6. The number of halogens is 1. The Balaban J connectivity index is 3.08. The van der Waals surface area contributed by atoms with Crippen molar-refractivity contribution in [1.29, 1.82) is 0 Å². The molecule has 4 heteroatoms. The maximum atomic E-state index is 12.7. The maximum Gasteiger partial charge on any atom is 0.230 e. The van der Waals surface area contributed by atoms with Crippen molar-refractivity contribution in [1.82, 2.24) is 4.90 Å². The lowest BCUT2D eigenvalue weighted by atomic mass is 9.90. The predicted molar refractivity (Wildman–Crippen MR) is 87.4 cm³/mol. The summed E-state index contributed by atoms with van der Waals surface area (Å²) in [7, 11) is 0. The quantitative estimate of drug-likeness (QED) is 0.857. The van der Waals surface area contributed by atoms with Crippen LogP contribution in [0.15, 0.2) is 28.7 Å². The molecule has 0 heterocycles. The van der Waals surface area contributed by atoms with Gasteiger partial charge in [-0.05, 0) is 38.8 Å². The molecule has 0 aliphatic rings. The van der Waals surface area contributed by atoms with Crippen LogP contribution in [0.2, 0.25) is 0 Å². The van der Waals surface area contributed by atoms with Gasteiger partial charge in [0.1, 0.15) is 0 Å². The summed E-state index contributed by atoms with van der Waals surface area (Å²) < 4.78 is 1.03. The number of nitrogens with zero attached hydrogens (tertiary/aromatic N) is 1. The van der Waals surface area contributed by atoms with E-state index in [1.165, 1.54) is 0 Å². The molecule has 1 amide bonds. The molecule has 20 heavy (non-hydrogen) atoms. The van der Waals surface area contributed by atoms with Gasteiger partial charge in [-0.25, -0.2) is 0 Å². The second-order valence-corrected chi connectivity index (χ2v) is 6.64. The Morgan fingerprint density at radius 1 is 1.40 bits per heavy atom. The summed E-state index contributed by atoms with van der Waals surface area (Å²) in [5, 5.41) is 0. The first-order chi connectivity index (χ1) is 9.35. The number of hydrogen-bond acceptors (Lipinski definition) is 2. The highest BCUT2D eigenvalue weighted by Gasteiger charge is 2.33. The van der Waals surface area contributed by atoms with Crippen LogP contribution in [0.4, 0.5) is 0 Å². The van der Waals surface area contributed by atoms with Gasteiger partial charge in [0.2, 0.25) is 5.91 Å². The molecule has 1 atom stereocenters. The molecule has 1 unspecified atom stereocenters. The molecule has 0 saturated heterocycles. The van der Waals surface area contributed by atoms with Gasteiger partial charge >= 0.3 is 0 Å². The second-order valence-electron chi connectivity index (χ2n) is 5.78. The van der Waals surface area contributed by atoms with E-state index < -0.39 is 5.41 Å². The van der Waals surface area contributed by atoms with Crippen LogP contribution < -0.4 is 5.73 Å². The van der Waals surface area contributed by atoms with E-state index in [4.69, 9.17) is 5.73 Å². The largest absolute Gasteiger partial charge is 0.335 e. The number of hydrogen-bond donors (Lipinski definition) is 1. The van der Waals surface area contributed by atoms with E-state index in [0.29, 0.717) is 6.54 Å². The Hall–Kier alpha value is -0.870. The Bertz CT molecular complexity index is 460. The SMILES string of the molecule is CCCN(C(=O)C(C)(C)CN)C(C)c1ccccc1Br. The lowest BCUT2D eigenvalue weighted by Crippen LogP contribution is -2.46. The summed E-state index contributed by atoms with van der Waals surface area (Å²) in [4.78, 5) is 14.7. The Morgan fingerprint density at radius 3 is 2.50 bits per heavy atom. The standard InChI is InChI=1S/C16H25BrN2O/c1-5-10-19(15(20)16(3,4)11-18)12(2)13-8-6-7-9-14(13)17/h6-9,12H,5,10-11,18H2,1-4H3. The Kier molecular flexibility index (Phi) is 6.21. The summed E-state index contributed by atoms with van der Waals surface area (Å²) >= 11 is 3.57. The van der Waals surface area contributed by atoms with Crippen LogP contribution in [0, 0.1) is 5.41 Å². The topological polar surface area (TPSA) is 46.3 Å². The van der Waals surface area contributed by atoms with E-state index in [2.05, 4.69) is 35.8 Å². The highest BCUT2D eigenvalue weighted by atomic mass is 79.9. The molecular formula is C16H25BrN2O. The summed E-state index contributed by atoms with van der Waals surface area (Å²) in [6, 6.07) is 8.08. The third-order valence-corrected chi connectivity index (χ3v) is 4.36. The molecule has 0 spiro atoms. The number of nitrogens with two attached hydrogens (primary N) is 1. The molecule has 1 aromatic carbocycles. The maximum absolute atomic E-state index is 12.7. The van der Waals surface area contributed by atoms with E-state index in [1.807, 2.05) is 36.9 Å². The lowest BCUT2D eigenvalue weighted by Gasteiger charge is -2.36. The van der Waals surface area contributed by atoms with Crippen molar-refractivity contribution >= 4 is 21.8 Å². The van der Waals surface area contributed by atoms with Gasteiger partial charge < -0.3 is 10.6 Å². The molecule has 0 aliphatic heterocycles. The normalized spacial score (nSPS) is 13.1. The highest BCUT2D eigenvalue weighted by Crippen LogP contribution is 2.30. The zero-order valence-corrected chi connectivity index (χ0v) is 14.4. The van der Waals surface area contributed by atoms with Crippen molar-refractivity contribution in [2.75, 3.05) is 13.1 Å². The first kappa shape index (κ1) is 17.2. The van der Waals surface area contributed by atoms with Gasteiger partial charge in [-0.1, -0.05) is 41.1 Å². The Morgan fingerprint density at radius 2 is 2.00 bits per heavy atom. The monoisotopic (exact) mass is 340 g/mol. The van der Waals surface area contributed by atoms with Crippen molar-refractivity contribution in [3.05, 3.63) is 34.3 Å². The van der Waals surface area contributed by atoms with Crippen LogP contribution in [0.5, 0.6) is 0 Å². The molecule has 1 aromatic rings. The van der Waals surface area contributed by atoms with Crippen LogP contribution in [0.1, 0.15) is 45.7 Å². The summed E-state index contributed by atoms with van der Waals surface area (Å²) in [5.74, 6) is 0.116. The van der Waals surface area contributed by atoms with Crippen molar-refractivity contribution < 1.29 is 4.79 Å². The number of carbonyl (C=O) groups is 1. The zero-order chi connectivity index (χ0) is 15.3. The molecule has 3 nitrogen and oxygen atoms in total. The smallest absolute Gasteiger partial charge is 0.230 e. The van der Waals surface area contributed by atoms with Crippen LogP contribution in [0.3, 0.4) is 0 Å². The first-order valence-electron chi connectivity index (χ1n) is 7.10. The fourth-order valence-electron chi connectivity index (χ4n) is 2.17. The molecule has 0 radical (unpaired) electrons. The van der Waals surface area contributed by atoms with E-state index in [0.717, 1.165) is 23.0 Å². The van der Waals surface area contributed by atoms with Gasteiger partial charge in [0.05, 0.1) is 11.5 Å². The minimum Gasteiger partial charge on any atom is -0.335 e. The van der Waals surface area contributed by atoms with E-state index in [9.17, 15) is 4.79 Å². The summed E-state index contributed by atoms with van der Waals surface area (Å²) in [6.07, 6.45) is 0.932. The Labute approximate surface area is 130 Å². The fraction of sp³-hybridized carbons (Fsp3) is 0.562. The summed E-state index contributed by atoms with van der Waals surface area (Å²) in [6.45, 7) is 9.07. The van der Waals surface area contributed by atoms with Crippen molar-refractivity contribution in [2.24, 2.45) is 11.1 Å². The van der Waals surface area contributed by atoms with Gasteiger partial charge in [-0.2, -0.15) is 0 Å². The molecule has 0 saturated carbocycles. The van der Waals surface area contributed by atoms with Gasteiger partial charge in [-0.3, -0.25) is 4.79 Å².